The average molecular weight is 417 g/mol. The Morgan fingerprint density at radius 2 is 2.07 bits per heavy atom. The number of thioether (sulfide) groups is 1. The third-order valence-corrected chi connectivity index (χ3v) is 6.73. The van der Waals surface area contributed by atoms with Crippen molar-refractivity contribution in [1.82, 2.24) is 9.78 Å². The van der Waals surface area contributed by atoms with E-state index in [2.05, 4.69) is 19.2 Å². The lowest BCUT2D eigenvalue weighted by atomic mass is 9.94. The first-order valence-electron chi connectivity index (χ1n) is 9.64. The summed E-state index contributed by atoms with van der Waals surface area (Å²) in [5.41, 5.74) is 2.57. The maximum atomic E-state index is 12.5. The van der Waals surface area contributed by atoms with Crippen LogP contribution >= 0.6 is 11.8 Å². The van der Waals surface area contributed by atoms with E-state index in [9.17, 15) is 14.9 Å². The molecule has 1 N–H and O–H groups in total. The molecule has 2 aliphatic rings. The van der Waals surface area contributed by atoms with Crippen LogP contribution in [0.3, 0.4) is 0 Å². The van der Waals surface area contributed by atoms with Gasteiger partial charge in [0.05, 0.1) is 33.3 Å². The number of nitro benzene ring substituents is 1. The van der Waals surface area contributed by atoms with Crippen LogP contribution in [-0.4, -0.2) is 38.6 Å². The van der Waals surface area contributed by atoms with Crippen molar-refractivity contribution in [3.63, 3.8) is 0 Å². The first-order chi connectivity index (χ1) is 13.7. The largest absolute Gasteiger partial charge is 0.375 e. The number of aryl methyl sites for hydroxylation is 1. The van der Waals surface area contributed by atoms with Gasteiger partial charge in [-0.2, -0.15) is 5.10 Å². The molecule has 0 radical (unpaired) electrons. The molecule has 1 aromatic heterocycles. The number of non-ortho nitro benzene ring substituents is 1. The standard InChI is InChI=1S/C20H24N4O4S/c1-12-17-18(13-4-6-14(7-5-13)24(26)27)29-11-16(25)21-19(17)23(22-12)15-8-9-28-20(2,3)10-15/h4-7,15,18H,8-11H2,1-3H3,(H,21,25). The summed E-state index contributed by atoms with van der Waals surface area (Å²) < 4.78 is 7.80. The van der Waals surface area contributed by atoms with Crippen LogP contribution in [0, 0.1) is 17.0 Å². The fourth-order valence-corrected chi connectivity index (χ4v) is 5.30. The minimum atomic E-state index is -0.406. The third-order valence-electron chi connectivity index (χ3n) is 5.46. The van der Waals surface area contributed by atoms with E-state index < -0.39 is 4.92 Å². The molecule has 0 aliphatic carbocycles. The molecule has 1 fully saturated rings. The molecule has 2 aliphatic heterocycles. The Labute approximate surface area is 173 Å². The van der Waals surface area contributed by atoms with Crippen molar-refractivity contribution in [2.75, 3.05) is 17.7 Å². The molecular weight excluding hydrogens is 392 g/mol. The van der Waals surface area contributed by atoms with Crippen molar-refractivity contribution in [3.8, 4) is 0 Å². The summed E-state index contributed by atoms with van der Waals surface area (Å²) in [7, 11) is 0. The van der Waals surface area contributed by atoms with Gasteiger partial charge in [-0.1, -0.05) is 12.1 Å². The van der Waals surface area contributed by atoms with Gasteiger partial charge in [-0.15, -0.1) is 11.8 Å². The molecule has 154 valence electrons. The Bertz CT molecular complexity index is 954. The number of carbonyl (C=O) groups excluding carboxylic acids is 1. The molecule has 8 nitrogen and oxygen atoms in total. The molecule has 2 aromatic rings. The zero-order valence-electron chi connectivity index (χ0n) is 16.7. The fourth-order valence-electron chi connectivity index (χ4n) is 4.12. The van der Waals surface area contributed by atoms with Crippen LogP contribution in [0.25, 0.3) is 0 Å². The maximum absolute atomic E-state index is 12.5. The molecule has 1 aromatic carbocycles. The van der Waals surface area contributed by atoms with E-state index in [4.69, 9.17) is 9.84 Å². The van der Waals surface area contributed by atoms with Crippen molar-refractivity contribution in [2.24, 2.45) is 0 Å². The smallest absolute Gasteiger partial charge is 0.269 e. The number of nitro groups is 1. The highest BCUT2D eigenvalue weighted by Crippen LogP contribution is 2.45. The van der Waals surface area contributed by atoms with E-state index in [-0.39, 0.29) is 28.5 Å². The quantitative estimate of drug-likeness (QED) is 0.600. The third kappa shape index (κ3) is 3.89. The van der Waals surface area contributed by atoms with Gasteiger partial charge in [-0.25, -0.2) is 4.68 Å². The number of carbonyl (C=O) groups is 1. The van der Waals surface area contributed by atoms with E-state index in [1.165, 1.54) is 23.9 Å². The van der Waals surface area contributed by atoms with E-state index >= 15 is 0 Å². The summed E-state index contributed by atoms with van der Waals surface area (Å²) in [6.45, 7) is 6.75. The van der Waals surface area contributed by atoms with Crippen LogP contribution in [0.2, 0.25) is 0 Å². The zero-order valence-corrected chi connectivity index (χ0v) is 17.5. The minimum absolute atomic E-state index is 0.0543. The molecule has 2 atom stereocenters. The highest BCUT2D eigenvalue weighted by atomic mass is 32.2. The van der Waals surface area contributed by atoms with Gasteiger partial charge in [0.25, 0.3) is 5.69 Å². The second-order valence-corrected chi connectivity index (χ2v) is 9.23. The van der Waals surface area contributed by atoms with Crippen molar-refractivity contribution in [3.05, 3.63) is 51.2 Å². The Morgan fingerprint density at radius 1 is 1.34 bits per heavy atom. The Hall–Kier alpha value is -2.39. The average Bonchev–Trinajstić information content (AvgIpc) is 2.87. The second kappa shape index (κ2) is 7.46. The molecule has 0 saturated carbocycles. The lowest BCUT2D eigenvalue weighted by molar-refractivity contribution is -0.384. The number of hydrogen-bond donors (Lipinski definition) is 1. The van der Waals surface area contributed by atoms with Crippen molar-refractivity contribution in [1.29, 1.82) is 0 Å². The number of hydrogen-bond acceptors (Lipinski definition) is 6. The molecular formula is C20H24N4O4S. The summed E-state index contributed by atoms with van der Waals surface area (Å²) in [6.07, 6.45) is 1.65. The first kappa shape index (κ1) is 19.9. The number of nitrogens with one attached hydrogen (secondary N) is 1. The monoisotopic (exact) mass is 416 g/mol. The van der Waals surface area contributed by atoms with Crippen LogP contribution in [0.15, 0.2) is 24.3 Å². The van der Waals surface area contributed by atoms with Gasteiger partial charge in [-0.3, -0.25) is 14.9 Å². The summed E-state index contributed by atoms with van der Waals surface area (Å²) in [6, 6.07) is 6.70. The lowest BCUT2D eigenvalue weighted by Gasteiger charge is -2.36. The first-order valence-corrected chi connectivity index (χ1v) is 10.7. The van der Waals surface area contributed by atoms with Crippen LogP contribution in [0.4, 0.5) is 11.5 Å². The van der Waals surface area contributed by atoms with Gasteiger partial charge in [-0.05, 0) is 39.2 Å². The number of aromatic nitrogens is 2. The maximum Gasteiger partial charge on any atom is 0.269 e. The number of rotatable bonds is 3. The summed E-state index contributed by atoms with van der Waals surface area (Å²) in [5.74, 6) is 0.992. The van der Waals surface area contributed by atoms with E-state index in [1.807, 2.05) is 11.6 Å². The van der Waals surface area contributed by atoms with Crippen LogP contribution in [-0.2, 0) is 9.53 Å². The van der Waals surface area contributed by atoms with Gasteiger partial charge >= 0.3 is 0 Å². The summed E-state index contributed by atoms with van der Waals surface area (Å²) in [4.78, 5) is 23.0. The van der Waals surface area contributed by atoms with Crippen molar-refractivity contribution < 1.29 is 14.5 Å². The topological polar surface area (TPSA) is 99.3 Å². The van der Waals surface area contributed by atoms with Crippen molar-refractivity contribution >= 4 is 29.2 Å². The molecule has 0 bridgehead atoms. The second-order valence-electron chi connectivity index (χ2n) is 8.13. The number of anilines is 1. The highest BCUT2D eigenvalue weighted by Gasteiger charge is 2.36. The van der Waals surface area contributed by atoms with Crippen LogP contribution < -0.4 is 5.32 Å². The Morgan fingerprint density at radius 3 is 2.72 bits per heavy atom. The molecule has 29 heavy (non-hydrogen) atoms. The van der Waals surface area contributed by atoms with Gasteiger partial charge in [0.2, 0.25) is 5.91 Å². The summed E-state index contributed by atoms with van der Waals surface area (Å²) >= 11 is 1.52. The molecule has 1 amide bonds. The number of benzene rings is 1. The van der Waals surface area contributed by atoms with E-state index in [0.29, 0.717) is 12.4 Å². The molecule has 2 unspecified atom stereocenters. The molecule has 3 heterocycles. The van der Waals surface area contributed by atoms with Gasteiger partial charge < -0.3 is 10.1 Å². The minimum Gasteiger partial charge on any atom is -0.375 e. The lowest BCUT2D eigenvalue weighted by Crippen LogP contribution is -2.36. The molecule has 4 rings (SSSR count). The molecule has 9 heteroatoms. The summed E-state index contributed by atoms with van der Waals surface area (Å²) in [5, 5.41) is 18.7. The number of fused-ring (bicyclic) bond motifs is 1. The van der Waals surface area contributed by atoms with Crippen LogP contribution in [0.1, 0.15) is 54.8 Å². The normalized spacial score (nSPS) is 23.8. The molecule has 0 spiro atoms. The Kier molecular flexibility index (Phi) is 5.12. The zero-order chi connectivity index (χ0) is 20.8. The number of nitrogens with zero attached hydrogens (tertiary/aromatic N) is 3. The van der Waals surface area contributed by atoms with Crippen molar-refractivity contribution in [2.45, 2.75) is 50.5 Å². The molecule has 1 saturated heterocycles. The van der Waals surface area contributed by atoms with Gasteiger partial charge in [0.15, 0.2) is 0 Å². The van der Waals surface area contributed by atoms with E-state index in [1.54, 1.807) is 12.1 Å². The number of amides is 1. The van der Waals surface area contributed by atoms with Crippen LogP contribution in [0.5, 0.6) is 0 Å². The Balaban J connectivity index is 1.76. The van der Waals surface area contributed by atoms with Gasteiger partial charge in [0.1, 0.15) is 5.82 Å². The fraction of sp³-hybridized carbons (Fsp3) is 0.500. The predicted octanol–water partition coefficient (Wildman–Crippen LogP) is 4.00. The predicted molar refractivity (Wildman–Crippen MR) is 111 cm³/mol. The van der Waals surface area contributed by atoms with E-state index in [0.717, 1.165) is 35.5 Å². The highest BCUT2D eigenvalue weighted by molar-refractivity contribution is 8.00. The van der Waals surface area contributed by atoms with Gasteiger partial charge in [0, 0.05) is 24.3 Å². The number of ether oxygens (including phenoxy) is 1. The SMILES string of the molecule is Cc1nn(C2CCOC(C)(C)C2)c2c1C(c1ccc([N+](=O)[O-])cc1)SCC(=O)N2.